The van der Waals surface area contributed by atoms with Crippen LogP contribution in [0.3, 0.4) is 0 Å². The Balaban J connectivity index is 4.09. The maximum absolute atomic E-state index is 11.1. The van der Waals surface area contributed by atoms with Crippen molar-refractivity contribution in [2.45, 2.75) is 20.0 Å². The summed E-state index contributed by atoms with van der Waals surface area (Å²) in [4.78, 5) is 46.0. The molecule has 0 fully saturated rings. The van der Waals surface area contributed by atoms with E-state index < -0.39 is 43.4 Å². The van der Waals surface area contributed by atoms with Gasteiger partial charge in [0.15, 0.2) is 12.7 Å². The molecule has 10 heteroatoms. The third-order valence-electron chi connectivity index (χ3n) is 1.62. The van der Waals surface area contributed by atoms with E-state index >= 15 is 0 Å². The van der Waals surface area contributed by atoms with Crippen LogP contribution in [-0.2, 0) is 38.2 Å². The Morgan fingerprint density at radius 1 is 0.950 bits per heavy atom. The lowest BCUT2D eigenvalue weighted by atomic mass is 10.4. The fraction of sp³-hybridized carbons (Fsp3) is 0.600. The van der Waals surface area contributed by atoms with Crippen LogP contribution in [0, 0.1) is 0 Å². The predicted molar refractivity (Wildman–Crippen MR) is 58.2 cm³/mol. The Bertz CT molecular complexity index is 363. The van der Waals surface area contributed by atoms with E-state index in [1.54, 1.807) is 0 Å². The molecular weight excluding hydrogens is 280 g/mol. The summed E-state index contributed by atoms with van der Waals surface area (Å²) in [7, 11) is 0. The molecule has 0 saturated heterocycles. The highest BCUT2D eigenvalue weighted by atomic mass is 17.1. The molecule has 10 nitrogen and oxygen atoms in total. The Labute approximate surface area is 113 Å². The molecule has 0 aromatic rings. The monoisotopic (exact) mass is 294 g/mol. The first kappa shape index (κ1) is 17.6. The average molecular weight is 294 g/mol. The second kappa shape index (κ2) is 9.55. The minimum Gasteiger partial charge on any atom is -0.462 e. The van der Waals surface area contributed by atoms with Crippen molar-refractivity contribution in [3.63, 3.8) is 0 Å². The lowest BCUT2D eigenvalue weighted by molar-refractivity contribution is -0.202. The molecule has 1 N–H and O–H groups in total. The fourth-order valence-electron chi connectivity index (χ4n) is 0.933. The topological polar surface area (TPSA) is 135 Å². The van der Waals surface area contributed by atoms with E-state index in [2.05, 4.69) is 19.1 Å². The molecular formula is C10H14O10. The van der Waals surface area contributed by atoms with Crippen LogP contribution in [0.25, 0.3) is 0 Å². The van der Waals surface area contributed by atoms with Gasteiger partial charge in [-0.25, -0.2) is 9.59 Å². The third kappa shape index (κ3) is 9.65. The van der Waals surface area contributed by atoms with Crippen LogP contribution in [0.2, 0.25) is 0 Å². The molecule has 0 heterocycles. The van der Waals surface area contributed by atoms with Crippen molar-refractivity contribution in [2.24, 2.45) is 0 Å². The van der Waals surface area contributed by atoms with E-state index in [4.69, 9.17) is 9.99 Å². The van der Waals surface area contributed by atoms with E-state index in [0.717, 1.165) is 13.8 Å². The summed E-state index contributed by atoms with van der Waals surface area (Å²) >= 11 is 0. The largest absolute Gasteiger partial charge is 0.540 e. The van der Waals surface area contributed by atoms with Crippen LogP contribution in [0.15, 0.2) is 0 Å². The standard InChI is InChI=1S/C10H14O10/c1-6(11)16-3-8(19-7(2)12)4-17-9(13)5-18-10(14)20-15/h8,15H,3-5H2,1-2H3. The van der Waals surface area contributed by atoms with Crippen molar-refractivity contribution in [2.75, 3.05) is 19.8 Å². The number of hydrogen-bond donors (Lipinski definition) is 1. The maximum atomic E-state index is 11.1. The van der Waals surface area contributed by atoms with Crippen molar-refractivity contribution in [1.29, 1.82) is 0 Å². The van der Waals surface area contributed by atoms with E-state index in [0.29, 0.717) is 0 Å². The van der Waals surface area contributed by atoms with Crippen LogP contribution in [-0.4, -0.2) is 55.2 Å². The van der Waals surface area contributed by atoms with Crippen molar-refractivity contribution < 1.29 is 48.3 Å². The second-order valence-corrected chi connectivity index (χ2v) is 3.35. The smallest absolute Gasteiger partial charge is 0.462 e. The van der Waals surface area contributed by atoms with Gasteiger partial charge in [0.05, 0.1) is 0 Å². The van der Waals surface area contributed by atoms with Crippen LogP contribution < -0.4 is 0 Å². The molecule has 114 valence electrons. The SMILES string of the molecule is CC(=O)OCC(COC(=O)COC(=O)OO)OC(C)=O. The number of rotatable bonds is 7. The van der Waals surface area contributed by atoms with Crippen LogP contribution in [0.4, 0.5) is 4.79 Å². The highest BCUT2D eigenvalue weighted by Gasteiger charge is 2.17. The molecule has 0 spiro atoms. The van der Waals surface area contributed by atoms with Gasteiger partial charge < -0.3 is 18.9 Å². The quantitative estimate of drug-likeness (QED) is 0.287. The zero-order valence-electron chi connectivity index (χ0n) is 10.8. The molecule has 0 rings (SSSR count). The predicted octanol–water partition coefficient (Wildman–Crippen LogP) is -0.349. The van der Waals surface area contributed by atoms with Crippen molar-refractivity contribution in [3.05, 3.63) is 0 Å². The molecule has 0 aliphatic heterocycles. The van der Waals surface area contributed by atoms with Gasteiger partial charge in [0.25, 0.3) is 0 Å². The third-order valence-corrected chi connectivity index (χ3v) is 1.62. The molecule has 20 heavy (non-hydrogen) atoms. The Morgan fingerprint density at radius 2 is 1.55 bits per heavy atom. The summed E-state index contributed by atoms with van der Waals surface area (Å²) in [6.07, 6.45) is -2.46. The Kier molecular flexibility index (Phi) is 8.43. The van der Waals surface area contributed by atoms with Crippen molar-refractivity contribution in [1.82, 2.24) is 0 Å². The first-order valence-corrected chi connectivity index (χ1v) is 5.29. The zero-order valence-corrected chi connectivity index (χ0v) is 10.8. The summed E-state index contributed by atoms with van der Waals surface area (Å²) < 4.78 is 18.0. The van der Waals surface area contributed by atoms with Gasteiger partial charge in [0.1, 0.15) is 13.2 Å². The van der Waals surface area contributed by atoms with Crippen LogP contribution >= 0.6 is 0 Å². The van der Waals surface area contributed by atoms with Crippen molar-refractivity contribution >= 4 is 24.1 Å². The molecule has 0 aromatic carbocycles. The van der Waals surface area contributed by atoms with Crippen LogP contribution in [0.5, 0.6) is 0 Å². The minimum absolute atomic E-state index is 0.290. The normalized spacial score (nSPS) is 10.9. The molecule has 0 saturated carbocycles. The zero-order chi connectivity index (χ0) is 15.5. The molecule has 1 unspecified atom stereocenters. The van der Waals surface area contributed by atoms with Gasteiger partial charge in [-0.05, 0) is 0 Å². The molecule has 0 aromatic heterocycles. The highest BCUT2D eigenvalue weighted by Crippen LogP contribution is 1.98. The summed E-state index contributed by atoms with van der Waals surface area (Å²) in [5, 5.41) is 7.85. The summed E-state index contributed by atoms with van der Waals surface area (Å²) in [5.74, 6) is -2.23. The number of carbonyl (C=O) groups is 4. The van der Waals surface area contributed by atoms with Gasteiger partial charge in [-0.15, -0.1) is 0 Å². The van der Waals surface area contributed by atoms with E-state index in [1.807, 2.05) is 0 Å². The van der Waals surface area contributed by atoms with E-state index in [9.17, 15) is 19.2 Å². The average Bonchev–Trinajstić information content (AvgIpc) is 2.38. The molecule has 0 bridgehead atoms. The van der Waals surface area contributed by atoms with Gasteiger partial charge in [-0.3, -0.25) is 14.5 Å². The number of esters is 3. The van der Waals surface area contributed by atoms with E-state index in [-0.39, 0.29) is 6.61 Å². The second-order valence-electron chi connectivity index (χ2n) is 3.35. The summed E-state index contributed by atoms with van der Waals surface area (Å²) in [6, 6.07) is 0. The summed E-state index contributed by atoms with van der Waals surface area (Å²) in [5.41, 5.74) is 0. The first-order chi connectivity index (χ1) is 9.35. The van der Waals surface area contributed by atoms with Gasteiger partial charge in [0, 0.05) is 13.8 Å². The molecule has 1 atom stereocenters. The Hall–Kier alpha value is -2.36. The molecule has 0 amide bonds. The number of ether oxygens (including phenoxy) is 4. The number of carbonyl (C=O) groups excluding carboxylic acids is 4. The lowest BCUT2D eigenvalue weighted by Crippen LogP contribution is -2.30. The Morgan fingerprint density at radius 3 is 2.05 bits per heavy atom. The van der Waals surface area contributed by atoms with Crippen LogP contribution in [0.1, 0.15) is 13.8 Å². The fourth-order valence-corrected chi connectivity index (χ4v) is 0.933. The van der Waals surface area contributed by atoms with E-state index in [1.165, 1.54) is 0 Å². The molecule has 0 radical (unpaired) electrons. The minimum atomic E-state index is -1.47. The van der Waals surface area contributed by atoms with Gasteiger partial charge >= 0.3 is 24.1 Å². The lowest BCUT2D eigenvalue weighted by Gasteiger charge is -2.16. The number of hydrogen-bond acceptors (Lipinski definition) is 10. The van der Waals surface area contributed by atoms with Gasteiger partial charge in [-0.1, -0.05) is 0 Å². The highest BCUT2D eigenvalue weighted by molar-refractivity contribution is 5.73. The molecule has 0 aliphatic carbocycles. The maximum Gasteiger partial charge on any atom is 0.540 e. The van der Waals surface area contributed by atoms with Crippen molar-refractivity contribution in [3.8, 4) is 0 Å². The summed E-state index contributed by atoms with van der Waals surface area (Å²) in [6.45, 7) is 0.791. The van der Waals surface area contributed by atoms with Gasteiger partial charge in [0.2, 0.25) is 0 Å². The molecule has 0 aliphatic rings. The van der Waals surface area contributed by atoms with Gasteiger partial charge in [-0.2, -0.15) is 5.26 Å². The first-order valence-electron chi connectivity index (χ1n) is 5.29.